The molecule has 2 nitrogen and oxygen atoms in total. The molecule has 0 bridgehead atoms. The molecule has 3 N–H and O–H groups in total. The Morgan fingerprint density at radius 1 is 1.25 bits per heavy atom. The highest BCUT2D eigenvalue weighted by Crippen LogP contribution is 2.35. The van der Waals surface area contributed by atoms with Crippen molar-refractivity contribution in [2.24, 2.45) is 11.7 Å². The maximum atomic E-state index is 9.39. The van der Waals surface area contributed by atoms with Crippen molar-refractivity contribution in [3.63, 3.8) is 0 Å². The van der Waals surface area contributed by atoms with Crippen LogP contribution in [0.25, 0.3) is 0 Å². The number of hydrogen-bond donors (Lipinski definition) is 2. The highest BCUT2D eigenvalue weighted by atomic mass is 35.5. The quantitative estimate of drug-likeness (QED) is 0.875. The first kappa shape index (κ1) is 15.9. The monoisotopic (exact) mass is 283 g/mol. The van der Waals surface area contributed by atoms with Gasteiger partial charge in [-0.2, -0.15) is 0 Å². The highest BCUT2D eigenvalue weighted by molar-refractivity contribution is 6.37. The number of phenols is 1. The zero-order valence-electron chi connectivity index (χ0n) is 9.21. The highest BCUT2D eigenvalue weighted by Gasteiger charge is 2.13. The van der Waals surface area contributed by atoms with Crippen LogP contribution in [0.3, 0.4) is 0 Å². The van der Waals surface area contributed by atoms with Gasteiger partial charge in [-0.25, -0.2) is 0 Å². The number of phenolic OH excluding ortho intramolecular Hbond substituents is 1. The molecule has 1 aromatic rings. The van der Waals surface area contributed by atoms with Gasteiger partial charge in [-0.1, -0.05) is 37.0 Å². The molecule has 92 valence electrons. The third-order valence-electron chi connectivity index (χ3n) is 2.19. The van der Waals surface area contributed by atoms with Crippen LogP contribution in [-0.4, -0.2) is 5.11 Å². The van der Waals surface area contributed by atoms with Crippen molar-refractivity contribution in [1.29, 1.82) is 0 Å². The normalized spacial score (nSPS) is 12.4. The van der Waals surface area contributed by atoms with E-state index in [4.69, 9.17) is 28.9 Å². The number of hydrogen-bond acceptors (Lipinski definition) is 2. The number of rotatable bonds is 3. The van der Waals surface area contributed by atoms with Crippen molar-refractivity contribution in [1.82, 2.24) is 0 Å². The number of nitrogens with two attached hydrogens (primary N) is 1. The molecule has 5 heteroatoms. The first-order chi connectivity index (χ1) is 6.91. The van der Waals surface area contributed by atoms with Crippen molar-refractivity contribution in [2.45, 2.75) is 26.3 Å². The molecule has 0 heterocycles. The maximum Gasteiger partial charge on any atom is 0.152 e. The van der Waals surface area contributed by atoms with E-state index in [0.29, 0.717) is 5.92 Å². The van der Waals surface area contributed by atoms with Gasteiger partial charge < -0.3 is 10.8 Å². The molecule has 0 aliphatic carbocycles. The van der Waals surface area contributed by atoms with E-state index >= 15 is 0 Å². The molecule has 0 radical (unpaired) electrons. The van der Waals surface area contributed by atoms with Crippen LogP contribution in [0.4, 0.5) is 0 Å². The van der Waals surface area contributed by atoms with Gasteiger partial charge in [-0.15, -0.1) is 12.4 Å². The molecule has 0 spiro atoms. The van der Waals surface area contributed by atoms with Gasteiger partial charge in [0, 0.05) is 6.04 Å². The summed E-state index contributed by atoms with van der Waals surface area (Å²) in [7, 11) is 0. The van der Waals surface area contributed by atoms with Crippen molar-refractivity contribution in [2.75, 3.05) is 0 Å². The molecular formula is C11H16Cl3NO. The Bertz CT molecular complexity index is 332. The average molecular weight is 285 g/mol. The van der Waals surface area contributed by atoms with Gasteiger partial charge in [0.05, 0.1) is 10.0 Å². The Kier molecular flexibility index (Phi) is 6.49. The van der Waals surface area contributed by atoms with Crippen LogP contribution in [0.2, 0.25) is 10.0 Å². The minimum atomic E-state index is -0.0967. The molecule has 0 amide bonds. The third kappa shape index (κ3) is 4.02. The summed E-state index contributed by atoms with van der Waals surface area (Å²) >= 11 is 11.6. The zero-order valence-corrected chi connectivity index (χ0v) is 11.5. The van der Waals surface area contributed by atoms with Crippen LogP contribution in [0.15, 0.2) is 12.1 Å². The Morgan fingerprint density at radius 3 is 2.06 bits per heavy atom. The fourth-order valence-corrected chi connectivity index (χ4v) is 1.95. The predicted octanol–water partition coefficient (Wildman–Crippen LogP) is 4.17. The second-order valence-electron chi connectivity index (χ2n) is 4.07. The molecule has 1 rings (SSSR count). The van der Waals surface area contributed by atoms with E-state index in [-0.39, 0.29) is 34.2 Å². The summed E-state index contributed by atoms with van der Waals surface area (Å²) in [4.78, 5) is 0. The van der Waals surface area contributed by atoms with E-state index in [1.807, 2.05) is 0 Å². The van der Waals surface area contributed by atoms with E-state index in [9.17, 15) is 5.11 Å². The lowest BCUT2D eigenvalue weighted by Crippen LogP contribution is -2.12. The van der Waals surface area contributed by atoms with Gasteiger partial charge in [0.2, 0.25) is 0 Å². The van der Waals surface area contributed by atoms with Gasteiger partial charge in [0.25, 0.3) is 0 Å². The molecule has 0 fully saturated rings. The molecule has 1 atom stereocenters. The molecule has 0 saturated carbocycles. The fourth-order valence-electron chi connectivity index (χ4n) is 1.44. The summed E-state index contributed by atoms with van der Waals surface area (Å²) in [6.07, 6.45) is 0.859. The van der Waals surface area contributed by atoms with Crippen LogP contribution >= 0.6 is 35.6 Å². The molecular weight excluding hydrogens is 268 g/mol. The average Bonchev–Trinajstić information content (AvgIpc) is 2.12. The standard InChI is InChI=1S/C11H15Cl2NO.ClH/c1-6(2)3-10(14)7-4-8(12)11(15)9(13)5-7;/h4-6,10,15H,3,14H2,1-2H3;1H/t10-;/m1./s1. The lowest BCUT2D eigenvalue weighted by Gasteiger charge is -2.15. The van der Waals surface area contributed by atoms with E-state index in [2.05, 4.69) is 13.8 Å². The molecule has 0 saturated heterocycles. The van der Waals surface area contributed by atoms with Gasteiger partial charge in [0.1, 0.15) is 0 Å². The molecule has 16 heavy (non-hydrogen) atoms. The largest absolute Gasteiger partial charge is 0.505 e. The Labute approximate surface area is 112 Å². The van der Waals surface area contributed by atoms with Crippen LogP contribution in [0.5, 0.6) is 5.75 Å². The third-order valence-corrected chi connectivity index (χ3v) is 2.77. The summed E-state index contributed by atoms with van der Waals surface area (Å²) in [5.41, 5.74) is 6.84. The number of halogens is 3. The predicted molar refractivity (Wildman–Crippen MR) is 71.8 cm³/mol. The second kappa shape index (κ2) is 6.55. The second-order valence-corrected chi connectivity index (χ2v) is 4.88. The van der Waals surface area contributed by atoms with Crippen molar-refractivity contribution < 1.29 is 5.11 Å². The first-order valence-electron chi connectivity index (χ1n) is 4.85. The van der Waals surface area contributed by atoms with Crippen LogP contribution < -0.4 is 5.73 Å². The number of aromatic hydroxyl groups is 1. The first-order valence-corrected chi connectivity index (χ1v) is 5.61. The molecule has 1 aromatic carbocycles. The van der Waals surface area contributed by atoms with Crippen molar-refractivity contribution >= 4 is 35.6 Å². The Morgan fingerprint density at radius 2 is 1.69 bits per heavy atom. The van der Waals surface area contributed by atoms with Gasteiger partial charge in [-0.05, 0) is 30.0 Å². The maximum absolute atomic E-state index is 9.39. The summed E-state index contributed by atoms with van der Waals surface area (Å²) in [5, 5.41) is 9.88. The lowest BCUT2D eigenvalue weighted by molar-refractivity contribution is 0.474. The summed E-state index contributed by atoms with van der Waals surface area (Å²) in [5.74, 6) is 0.421. The van der Waals surface area contributed by atoms with E-state index < -0.39 is 0 Å². The van der Waals surface area contributed by atoms with Crippen molar-refractivity contribution in [3.8, 4) is 5.75 Å². The Hall–Kier alpha value is -0.150. The smallest absolute Gasteiger partial charge is 0.152 e. The summed E-state index contributed by atoms with van der Waals surface area (Å²) in [6, 6.07) is 3.23. The minimum absolute atomic E-state index is 0. The van der Waals surface area contributed by atoms with Gasteiger partial charge >= 0.3 is 0 Å². The van der Waals surface area contributed by atoms with Crippen LogP contribution in [0, 0.1) is 5.92 Å². The summed E-state index contributed by atoms with van der Waals surface area (Å²) in [6.45, 7) is 4.20. The Balaban J connectivity index is 0.00000225. The van der Waals surface area contributed by atoms with Crippen LogP contribution in [-0.2, 0) is 0 Å². The molecule has 0 aliphatic heterocycles. The van der Waals surface area contributed by atoms with Gasteiger partial charge in [-0.3, -0.25) is 0 Å². The minimum Gasteiger partial charge on any atom is -0.505 e. The molecule has 0 aliphatic rings. The van der Waals surface area contributed by atoms with Crippen molar-refractivity contribution in [3.05, 3.63) is 27.7 Å². The van der Waals surface area contributed by atoms with Gasteiger partial charge in [0.15, 0.2) is 5.75 Å². The zero-order chi connectivity index (χ0) is 11.6. The van der Waals surface area contributed by atoms with E-state index in [0.717, 1.165) is 12.0 Å². The van der Waals surface area contributed by atoms with E-state index in [1.165, 1.54) is 0 Å². The van der Waals surface area contributed by atoms with Crippen LogP contribution in [0.1, 0.15) is 31.9 Å². The SMILES string of the molecule is CC(C)C[C@@H](N)c1cc(Cl)c(O)c(Cl)c1.Cl. The lowest BCUT2D eigenvalue weighted by atomic mass is 9.98. The van der Waals surface area contributed by atoms with E-state index in [1.54, 1.807) is 12.1 Å². The summed E-state index contributed by atoms with van der Waals surface area (Å²) < 4.78 is 0. The number of benzene rings is 1. The molecule has 0 aromatic heterocycles. The molecule has 0 unspecified atom stereocenters. The topological polar surface area (TPSA) is 46.2 Å². The fraction of sp³-hybridized carbons (Fsp3) is 0.455.